The average molecular weight is 427 g/mol. The lowest BCUT2D eigenvalue weighted by atomic mass is 9.95. The van der Waals surface area contributed by atoms with Gasteiger partial charge in [-0.15, -0.1) is 11.3 Å². The number of nitrogens with zero attached hydrogens (tertiary/aromatic N) is 3. The van der Waals surface area contributed by atoms with E-state index in [1.165, 1.54) is 5.01 Å². The summed E-state index contributed by atoms with van der Waals surface area (Å²) in [7, 11) is 0. The number of para-hydroxylation sites is 1. The minimum atomic E-state index is -5.08. The maximum atomic E-state index is 12.5. The number of alkyl halides is 3. The van der Waals surface area contributed by atoms with Crippen molar-refractivity contribution in [1.82, 2.24) is 9.88 Å². The largest absolute Gasteiger partial charge is 0.490 e. The van der Waals surface area contributed by atoms with E-state index < -0.39 is 12.1 Å². The van der Waals surface area contributed by atoms with Crippen LogP contribution < -0.4 is 4.90 Å². The summed E-state index contributed by atoms with van der Waals surface area (Å²) in [6.45, 7) is 1.96. The van der Waals surface area contributed by atoms with Crippen LogP contribution >= 0.6 is 11.3 Å². The quantitative estimate of drug-likeness (QED) is 0.811. The Hall–Kier alpha value is -2.46. The molecule has 2 aliphatic heterocycles. The third-order valence-electron chi connectivity index (χ3n) is 4.98. The number of fused-ring (bicyclic) bond motifs is 1. The molecule has 0 radical (unpaired) electrons. The van der Waals surface area contributed by atoms with Crippen molar-refractivity contribution in [3.8, 4) is 0 Å². The summed E-state index contributed by atoms with van der Waals surface area (Å²) in [5.41, 5.74) is 1.04. The van der Waals surface area contributed by atoms with Gasteiger partial charge in [-0.2, -0.15) is 13.2 Å². The third kappa shape index (κ3) is 5.13. The van der Waals surface area contributed by atoms with Crippen molar-refractivity contribution in [2.75, 3.05) is 11.4 Å². The maximum Gasteiger partial charge on any atom is 0.490 e. The Labute approximate surface area is 169 Å². The molecule has 6 nitrogen and oxygen atoms in total. The zero-order valence-electron chi connectivity index (χ0n) is 15.4. The Bertz CT molecular complexity index is 830. The van der Waals surface area contributed by atoms with Crippen molar-refractivity contribution in [3.05, 3.63) is 46.9 Å². The fourth-order valence-electron chi connectivity index (χ4n) is 3.78. The van der Waals surface area contributed by atoms with Crippen LogP contribution in [-0.2, 0) is 16.1 Å². The Morgan fingerprint density at radius 1 is 1.21 bits per heavy atom. The molecule has 4 rings (SSSR count). The number of piperidine rings is 1. The van der Waals surface area contributed by atoms with Gasteiger partial charge in [-0.05, 0) is 25.0 Å². The van der Waals surface area contributed by atoms with E-state index in [1.54, 1.807) is 11.3 Å². The maximum absolute atomic E-state index is 12.5. The van der Waals surface area contributed by atoms with Crippen LogP contribution in [0, 0.1) is 0 Å². The van der Waals surface area contributed by atoms with Crippen LogP contribution in [0.2, 0.25) is 0 Å². The molecule has 10 heteroatoms. The van der Waals surface area contributed by atoms with Crippen molar-refractivity contribution in [2.45, 2.75) is 44.1 Å². The number of carbonyl (C=O) groups is 2. The Morgan fingerprint density at radius 3 is 2.48 bits per heavy atom. The number of aromatic nitrogens is 1. The molecule has 156 valence electrons. The van der Waals surface area contributed by atoms with Gasteiger partial charge in [0, 0.05) is 36.3 Å². The van der Waals surface area contributed by atoms with E-state index in [1.807, 2.05) is 46.8 Å². The predicted molar refractivity (Wildman–Crippen MR) is 102 cm³/mol. The number of hydrogen-bond donors (Lipinski definition) is 1. The Balaban J connectivity index is 0.000000298. The van der Waals surface area contributed by atoms with Crippen LogP contribution in [0.5, 0.6) is 0 Å². The van der Waals surface area contributed by atoms with Gasteiger partial charge in [0.15, 0.2) is 0 Å². The molecule has 1 N–H and O–H groups in total. The van der Waals surface area contributed by atoms with E-state index in [-0.39, 0.29) is 5.91 Å². The zero-order valence-corrected chi connectivity index (χ0v) is 16.2. The first-order valence-electron chi connectivity index (χ1n) is 9.07. The highest BCUT2D eigenvalue weighted by Crippen LogP contribution is 2.35. The molecular weight excluding hydrogens is 407 g/mol. The summed E-state index contributed by atoms with van der Waals surface area (Å²) < 4.78 is 31.7. The van der Waals surface area contributed by atoms with Crippen LogP contribution in [-0.4, -0.2) is 51.7 Å². The fraction of sp³-hybridized carbons (Fsp3) is 0.421. The van der Waals surface area contributed by atoms with Crippen LogP contribution in [0.4, 0.5) is 18.9 Å². The molecule has 0 unspecified atom stereocenters. The molecule has 1 aromatic heterocycles. The van der Waals surface area contributed by atoms with Gasteiger partial charge in [0.25, 0.3) is 0 Å². The number of benzene rings is 1. The molecule has 2 aliphatic rings. The molecular formula is C19H20F3N3O3S. The fourth-order valence-corrected chi connectivity index (χ4v) is 4.42. The van der Waals surface area contributed by atoms with Crippen LogP contribution in [0.15, 0.2) is 41.9 Å². The SMILES string of the molecule is O=C(O)C(F)(F)F.O=C1CC[C@@H]2[C@@H](CCN2Cc2nccs2)N1c1ccccc1. The van der Waals surface area contributed by atoms with Gasteiger partial charge in [0.1, 0.15) is 5.01 Å². The number of aliphatic carboxylic acids is 1. The lowest BCUT2D eigenvalue weighted by Crippen LogP contribution is -2.52. The minimum absolute atomic E-state index is 0.267. The standard InChI is InChI=1S/C17H19N3OS.C2HF3O2/c21-17-7-6-14-15(20(17)13-4-2-1-3-5-13)8-10-19(14)12-16-18-9-11-22-16;3-2(4,5)1(6)7/h1-5,9,11,14-15H,6-8,10,12H2;(H,6,7)/t14-,15-;/m1./s1. The number of anilines is 1. The van der Waals surface area contributed by atoms with Crippen LogP contribution in [0.1, 0.15) is 24.3 Å². The van der Waals surface area contributed by atoms with Crippen molar-refractivity contribution < 1.29 is 27.9 Å². The van der Waals surface area contributed by atoms with E-state index in [0.29, 0.717) is 18.5 Å². The highest BCUT2D eigenvalue weighted by atomic mass is 32.1. The van der Waals surface area contributed by atoms with Crippen molar-refractivity contribution in [1.29, 1.82) is 0 Å². The molecule has 0 spiro atoms. The molecule has 2 fully saturated rings. The van der Waals surface area contributed by atoms with Crippen molar-refractivity contribution >= 4 is 28.9 Å². The highest BCUT2D eigenvalue weighted by Gasteiger charge is 2.43. The molecule has 1 aromatic carbocycles. The van der Waals surface area contributed by atoms with Crippen molar-refractivity contribution in [2.24, 2.45) is 0 Å². The van der Waals surface area contributed by atoms with E-state index in [9.17, 15) is 18.0 Å². The van der Waals surface area contributed by atoms with Crippen LogP contribution in [0.25, 0.3) is 0 Å². The summed E-state index contributed by atoms with van der Waals surface area (Å²) >= 11 is 1.71. The number of carboxylic acids is 1. The first-order chi connectivity index (χ1) is 13.8. The Kier molecular flexibility index (Phi) is 6.53. The van der Waals surface area contributed by atoms with E-state index >= 15 is 0 Å². The second-order valence-electron chi connectivity index (χ2n) is 6.76. The smallest absolute Gasteiger partial charge is 0.475 e. The molecule has 29 heavy (non-hydrogen) atoms. The van der Waals surface area contributed by atoms with Gasteiger partial charge in [0.05, 0.1) is 12.6 Å². The lowest BCUT2D eigenvalue weighted by Gasteiger charge is -2.39. The molecule has 0 saturated carbocycles. The van der Waals surface area contributed by atoms with Gasteiger partial charge in [-0.1, -0.05) is 18.2 Å². The van der Waals surface area contributed by atoms with Gasteiger partial charge in [-0.25, -0.2) is 9.78 Å². The molecule has 2 saturated heterocycles. The average Bonchev–Trinajstić information content (AvgIpc) is 3.33. The number of likely N-dealkylation sites (tertiary alicyclic amines) is 1. The number of amides is 1. The summed E-state index contributed by atoms with van der Waals surface area (Å²) in [4.78, 5) is 30.3. The monoisotopic (exact) mass is 427 g/mol. The van der Waals surface area contributed by atoms with Gasteiger partial charge in [0.2, 0.25) is 5.91 Å². The predicted octanol–water partition coefficient (Wildman–Crippen LogP) is 3.55. The van der Waals surface area contributed by atoms with Crippen LogP contribution in [0.3, 0.4) is 0 Å². The third-order valence-corrected chi connectivity index (χ3v) is 5.74. The first kappa shape index (κ1) is 21.3. The normalized spacial score (nSPS) is 22.0. The highest BCUT2D eigenvalue weighted by molar-refractivity contribution is 7.09. The van der Waals surface area contributed by atoms with E-state index in [2.05, 4.69) is 9.88 Å². The summed E-state index contributed by atoms with van der Waals surface area (Å²) in [6, 6.07) is 10.9. The molecule has 1 amide bonds. The molecule has 0 aliphatic carbocycles. The van der Waals surface area contributed by atoms with Gasteiger partial charge < -0.3 is 10.0 Å². The second-order valence-corrected chi connectivity index (χ2v) is 7.74. The van der Waals surface area contributed by atoms with Gasteiger partial charge >= 0.3 is 12.1 Å². The number of thiazole rings is 1. The van der Waals surface area contributed by atoms with E-state index in [0.717, 1.165) is 31.6 Å². The number of hydrogen-bond acceptors (Lipinski definition) is 5. The molecule has 0 bridgehead atoms. The topological polar surface area (TPSA) is 73.7 Å². The minimum Gasteiger partial charge on any atom is -0.475 e. The summed E-state index contributed by atoms with van der Waals surface area (Å²) in [5.74, 6) is -2.49. The first-order valence-corrected chi connectivity index (χ1v) is 9.95. The lowest BCUT2D eigenvalue weighted by molar-refractivity contribution is -0.192. The van der Waals surface area contributed by atoms with Gasteiger partial charge in [-0.3, -0.25) is 9.69 Å². The summed E-state index contributed by atoms with van der Waals surface area (Å²) in [5, 5.41) is 10.3. The molecule has 2 atom stereocenters. The molecule has 3 heterocycles. The zero-order chi connectivity index (χ0) is 21.0. The number of halogens is 3. The number of carbonyl (C=O) groups excluding carboxylic acids is 1. The second kappa shape index (κ2) is 8.91. The number of carboxylic acid groups (broad SMARTS) is 1. The summed E-state index contributed by atoms with van der Waals surface area (Å²) in [6.07, 6.45) is -0.548. The van der Waals surface area contributed by atoms with E-state index in [4.69, 9.17) is 9.90 Å². The molecule has 2 aromatic rings. The Morgan fingerprint density at radius 2 is 1.90 bits per heavy atom. The number of rotatable bonds is 3. The van der Waals surface area contributed by atoms with Crippen molar-refractivity contribution in [3.63, 3.8) is 0 Å².